The molecular weight excluding hydrogens is 371 g/mol. The maximum absolute atomic E-state index is 13.0. The Balaban J connectivity index is 2.21. The van der Waals surface area contributed by atoms with Crippen molar-refractivity contribution >= 4 is 22.4 Å². The van der Waals surface area contributed by atoms with Gasteiger partial charge < -0.3 is 10.7 Å². The lowest BCUT2D eigenvalue weighted by atomic mass is 9.93. The molecule has 5 nitrogen and oxygen atoms in total. The topological polar surface area (TPSA) is 88.8 Å². The third kappa shape index (κ3) is 3.28. The average Bonchev–Trinajstić information content (AvgIpc) is 2.61. The van der Waals surface area contributed by atoms with Gasteiger partial charge in [-0.1, -0.05) is 12.6 Å². The molecule has 0 spiro atoms. The minimum Gasteiger partial charge on any atom is -0.364 e. The predicted molar refractivity (Wildman–Crippen MR) is 101 cm³/mol. The Bertz CT molecular complexity index is 1190. The monoisotopic (exact) mass is 387 g/mol. The second-order valence-corrected chi connectivity index (χ2v) is 6.45. The van der Waals surface area contributed by atoms with E-state index in [1.165, 1.54) is 24.4 Å². The number of aromatic amines is 1. The number of aromatic nitrogens is 2. The first-order valence-electron chi connectivity index (χ1n) is 8.20. The smallest absolute Gasteiger partial charge is 0.364 e. The Kier molecular flexibility index (Phi) is 4.58. The largest absolute Gasteiger partial charge is 0.416 e. The first-order chi connectivity index (χ1) is 13.0. The molecule has 0 unspecified atom stereocenters. The van der Waals surface area contributed by atoms with Crippen LogP contribution in [-0.2, 0) is 0 Å². The zero-order valence-electron chi connectivity index (χ0n) is 15.1. The molecular formula is C20H16F3N3O2. The van der Waals surface area contributed by atoms with Crippen molar-refractivity contribution in [1.29, 1.82) is 0 Å². The summed E-state index contributed by atoms with van der Waals surface area (Å²) < 4.78 is 39.0. The molecule has 3 N–H and O–H groups in total. The number of carbonyl (C=O) groups is 1. The van der Waals surface area contributed by atoms with Crippen LogP contribution in [0.15, 0.2) is 41.8 Å². The molecule has 0 saturated carbocycles. The third-order valence-electron chi connectivity index (χ3n) is 4.50. The molecule has 2 aromatic heterocycles. The molecule has 0 atom stereocenters. The van der Waals surface area contributed by atoms with Gasteiger partial charge in [-0.2, -0.15) is 13.2 Å². The number of benzene rings is 1. The van der Waals surface area contributed by atoms with Crippen LogP contribution in [0.2, 0.25) is 0 Å². The van der Waals surface area contributed by atoms with Gasteiger partial charge in [0.15, 0.2) is 5.43 Å². The van der Waals surface area contributed by atoms with Gasteiger partial charge in [0.2, 0.25) is 0 Å². The normalized spacial score (nSPS) is 11.6. The van der Waals surface area contributed by atoms with Crippen LogP contribution >= 0.6 is 0 Å². The molecule has 8 heteroatoms. The highest BCUT2D eigenvalue weighted by Gasteiger charge is 2.33. The molecule has 1 amide bonds. The van der Waals surface area contributed by atoms with Crippen LogP contribution in [0.3, 0.4) is 0 Å². The molecule has 0 aliphatic heterocycles. The number of pyridine rings is 2. The van der Waals surface area contributed by atoms with Crippen molar-refractivity contribution in [2.24, 2.45) is 5.73 Å². The number of carbonyl (C=O) groups excluding carboxylic acids is 1. The zero-order valence-corrected chi connectivity index (χ0v) is 15.1. The van der Waals surface area contributed by atoms with E-state index in [9.17, 15) is 22.8 Å². The number of nitrogens with two attached hydrogens (primary N) is 1. The molecule has 0 aliphatic rings. The maximum Gasteiger partial charge on any atom is 0.416 e. The summed E-state index contributed by atoms with van der Waals surface area (Å²) in [4.78, 5) is 31.0. The number of halogens is 3. The minimum absolute atomic E-state index is 0.00268. The van der Waals surface area contributed by atoms with Crippen molar-refractivity contribution in [2.75, 3.05) is 0 Å². The van der Waals surface area contributed by atoms with Crippen molar-refractivity contribution < 1.29 is 18.0 Å². The van der Waals surface area contributed by atoms with E-state index in [1.54, 1.807) is 19.9 Å². The second kappa shape index (κ2) is 6.63. The highest BCUT2D eigenvalue weighted by Crippen LogP contribution is 2.36. The highest BCUT2D eigenvalue weighted by molar-refractivity contribution is 6.03. The first-order valence-corrected chi connectivity index (χ1v) is 8.20. The number of rotatable bonds is 3. The summed E-state index contributed by atoms with van der Waals surface area (Å²) in [6.07, 6.45) is -3.19. The molecule has 1 aromatic carbocycles. The Labute approximate surface area is 157 Å². The lowest BCUT2D eigenvalue weighted by Gasteiger charge is -2.16. The van der Waals surface area contributed by atoms with E-state index in [0.29, 0.717) is 27.9 Å². The first kappa shape index (κ1) is 19.3. The standard InChI is InChI=1S/C20H16F3N3O2/c1-9-7-13(10(2)6-12(9)11(3)20(21,22)23)15-8-16(27)17-14(26-15)4-5-25-18(17)19(24)28/h4-8H,3H2,1-2H3,(H2,24,28)(H,26,27). The zero-order chi connectivity index (χ0) is 20.8. The van der Waals surface area contributed by atoms with E-state index < -0.39 is 23.1 Å². The Hall–Kier alpha value is -3.42. The summed E-state index contributed by atoms with van der Waals surface area (Å²) in [5, 5.41) is 0.0650. The summed E-state index contributed by atoms with van der Waals surface area (Å²) in [5.74, 6) is -0.828. The van der Waals surface area contributed by atoms with Crippen LogP contribution in [0.25, 0.3) is 27.7 Å². The van der Waals surface area contributed by atoms with Gasteiger partial charge in [-0.05, 0) is 42.7 Å². The molecule has 0 saturated heterocycles. The van der Waals surface area contributed by atoms with Gasteiger partial charge in [-0.15, -0.1) is 0 Å². The van der Waals surface area contributed by atoms with Gasteiger partial charge in [0.1, 0.15) is 5.69 Å². The Morgan fingerprint density at radius 2 is 1.86 bits per heavy atom. The number of fused-ring (bicyclic) bond motifs is 1. The van der Waals surface area contributed by atoms with Crippen LogP contribution in [0.1, 0.15) is 27.2 Å². The van der Waals surface area contributed by atoms with Crippen molar-refractivity contribution in [1.82, 2.24) is 9.97 Å². The molecule has 144 valence electrons. The van der Waals surface area contributed by atoms with E-state index in [0.717, 1.165) is 0 Å². The number of nitrogens with one attached hydrogen (secondary N) is 1. The van der Waals surface area contributed by atoms with Crippen LogP contribution < -0.4 is 11.2 Å². The van der Waals surface area contributed by atoms with Gasteiger partial charge in [-0.3, -0.25) is 14.6 Å². The van der Waals surface area contributed by atoms with Crippen molar-refractivity contribution in [3.05, 3.63) is 69.6 Å². The molecule has 28 heavy (non-hydrogen) atoms. The predicted octanol–water partition coefficient (Wildman–Crippen LogP) is 3.88. The highest BCUT2D eigenvalue weighted by atomic mass is 19.4. The Morgan fingerprint density at radius 3 is 2.46 bits per heavy atom. The van der Waals surface area contributed by atoms with Crippen LogP contribution in [-0.4, -0.2) is 22.1 Å². The van der Waals surface area contributed by atoms with E-state index >= 15 is 0 Å². The van der Waals surface area contributed by atoms with E-state index in [4.69, 9.17) is 5.73 Å². The van der Waals surface area contributed by atoms with Crippen LogP contribution in [0, 0.1) is 13.8 Å². The molecule has 2 heterocycles. The number of hydrogen-bond donors (Lipinski definition) is 2. The number of H-pyrrole nitrogens is 1. The van der Waals surface area contributed by atoms with E-state index in [1.807, 2.05) is 0 Å². The lowest BCUT2D eigenvalue weighted by molar-refractivity contribution is -0.0687. The molecule has 0 fully saturated rings. The van der Waals surface area contributed by atoms with Crippen LogP contribution in [0.5, 0.6) is 0 Å². The fraction of sp³-hybridized carbons (Fsp3) is 0.150. The molecule has 0 aliphatic carbocycles. The van der Waals surface area contributed by atoms with Gasteiger partial charge in [0.25, 0.3) is 5.91 Å². The van der Waals surface area contributed by atoms with Crippen molar-refractivity contribution in [3.63, 3.8) is 0 Å². The Morgan fingerprint density at radius 1 is 1.18 bits per heavy atom. The lowest BCUT2D eigenvalue weighted by Crippen LogP contribution is -2.17. The summed E-state index contributed by atoms with van der Waals surface area (Å²) >= 11 is 0. The van der Waals surface area contributed by atoms with Gasteiger partial charge in [-0.25, -0.2) is 0 Å². The number of hydrogen-bond acceptors (Lipinski definition) is 3. The molecule has 0 bridgehead atoms. The van der Waals surface area contributed by atoms with Crippen molar-refractivity contribution in [2.45, 2.75) is 20.0 Å². The van der Waals surface area contributed by atoms with E-state index in [2.05, 4.69) is 16.5 Å². The molecule has 3 aromatic rings. The third-order valence-corrected chi connectivity index (χ3v) is 4.50. The number of aryl methyl sites for hydroxylation is 2. The number of nitrogens with zero attached hydrogens (tertiary/aromatic N) is 1. The minimum atomic E-state index is -4.53. The molecule has 0 radical (unpaired) electrons. The number of alkyl halides is 3. The fourth-order valence-electron chi connectivity index (χ4n) is 3.12. The van der Waals surface area contributed by atoms with Gasteiger partial charge in [0.05, 0.1) is 16.5 Å². The van der Waals surface area contributed by atoms with Gasteiger partial charge >= 0.3 is 6.18 Å². The average molecular weight is 387 g/mol. The molecule has 3 rings (SSSR count). The van der Waals surface area contributed by atoms with Crippen molar-refractivity contribution in [3.8, 4) is 11.3 Å². The number of primary amides is 1. The van der Waals surface area contributed by atoms with Gasteiger partial charge in [0, 0.05) is 23.5 Å². The quantitative estimate of drug-likeness (QED) is 0.715. The van der Waals surface area contributed by atoms with Crippen LogP contribution in [0.4, 0.5) is 13.2 Å². The SMILES string of the molecule is C=C(c1cc(C)c(-c2cc(=O)c3c(C(N)=O)nccc3[nH]2)cc1C)C(F)(F)F. The number of amides is 1. The fourth-order valence-corrected chi connectivity index (χ4v) is 3.12. The summed E-state index contributed by atoms with van der Waals surface area (Å²) in [5.41, 5.74) is 5.96. The number of allylic oxidation sites excluding steroid dienone is 1. The van der Waals surface area contributed by atoms with E-state index in [-0.39, 0.29) is 16.6 Å². The second-order valence-electron chi connectivity index (χ2n) is 6.45. The summed E-state index contributed by atoms with van der Waals surface area (Å²) in [6, 6.07) is 5.75. The maximum atomic E-state index is 13.0. The summed E-state index contributed by atoms with van der Waals surface area (Å²) in [7, 11) is 0. The summed E-state index contributed by atoms with van der Waals surface area (Å²) in [6.45, 7) is 6.34.